The molecule has 2 N–H and O–H groups in total. The van der Waals surface area contributed by atoms with Crippen LogP contribution in [0, 0.1) is 0 Å². The van der Waals surface area contributed by atoms with E-state index in [0.29, 0.717) is 45.0 Å². The highest BCUT2D eigenvalue weighted by atomic mass is 79.9. The zero-order valence-corrected chi connectivity index (χ0v) is 18.4. The summed E-state index contributed by atoms with van der Waals surface area (Å²) in [4.78, 5) is 24.6. The molecule has 0 unspecified atom stereocenters. The Balaban J connectivity index is 1.55. The van der Waals surface area contributed by atoms with Crippen molar-refractivity contribution in [2.45, 2.75) is 6.42 Å². The summed E-state index contributed by atoms with van der Waals surface area (Å²) in [5.74, 6) is -0.153. The van der Waals surface area contributed by atoms with Crippen LogP contribution in [0.4, 0.5) is 5.13 Å². The number of rotatable bonds is 7. The molecule has 0 saturated heterocycles. The lowest BCUT2D eigenvalue weighted by atomic mass is 10.2. The highest BCUT2D eigenvalue weighted by Gasteiger charge is 2.15. The molecule has 0 spiro atoms. The van der Waals surface area contributed by atoms with Gasteiger partial charge in [-0.1, -0.05) is 44.9 Å². The van der Waals surface area contributed by atoms with Crippen molar-refractivity contribution in [3.05, 3.63) is 68.1 Å². The average Bonchev–Trinajstić information content (AvgIpc) is 3.15. The first-order chi connectivity index (χ1) is 14.0. The molecular weight excluding hydrogens is 480 g/mol. The fraction of sp³-hybridized carbons (Fsp3) is 0.158. The third-order valence-corrected chi connectivity index (χ3v) is 5.43. The van der Waals surface area contributed by atoms with Gasteiger partial charge in [-0.05, 0) is 36.4 Å². The van der Waals surface area contributed by atoms with E-state index in [1.807, 2.05) is 6.07 Å². The van der Waals surface area contributed by atoms with E-state index in [-0.39, 0.29) is 5.91 Å². The third kappa shape index (κ3) is 5.75. The van der Waals surface area contributed by atoms with Gasteiger partial charge in [0.05, 0.1) is 12.7 Å². The van der Waals surface area contributed by atoms with Crippen LogP contribution in [0.3, 0.4) is 0 Å². The second-order valence-electron chi connectivity index (χ2n) is 5.82. The van der Waals surface area contributed by atoms with E-state index in [1.54, 1.807) is 30.3 Å². The van der Waals surface area contributed by atoms with Crippen molar-refractivity contribution in [1.29, 1.82) is 0 Å². The molecule has 3 aromatic rings. The van der Waals surface area contributed by atoms with Gasteiger partial charge in [0, 0.05) is 28.0 Å². The summed E-state index contributed by atoms with van der Waals surface area (Å²) >= 11 is 10.5. The Hall–Kier alpha value is -2.49. The van der Waals surface area contributed by atoms with Crippen LogP contribution in [0.5, 0.6) is 5.75 Å². The molecule has 0 bridgehead atoms. The van der Waals surface area contributed by atoms with Gasteiger partial charge in [-0.25, -0.2) is 0 Å². The molecule has 0 saturated carbocycles. The number of aromatic nitrogens is 2. The summed E-state index contributed by atoms with van der Waals surface area (Å²) in [5.41, 5.74) is 0.873. The molecule has 0 fully saturated rings. The minimum absolute atomic E-state index is 0.169. The Morgan fingerprint density at radius 2 is 2.00 bits per heavy atom. The predicted octanol–water partition coefficient (Wildman–Crippen LogP) is 4.19. The van der Waals surface area contributed by atoms with Crippen LogP contribution < -0.4 is 15.4 Å². The Labute approximate surface area is 184 Å². The maximum Gasteiger partial charge on any atom is 0.261 e. The van der Waals surface area contributed by atoms with Crippen LogP contribution in [0.15, 0.2) is 46.9 Å². The minimum atomic E-state index is -0.394. The summed E-state index contributed by atoms with van der Waals surface area (Å²) in [6, 6.07) is 11.9. The molecule has 0 atom stereocenters. The maximum absolute atomic E-state index is 12.5. The summed E-state index contributed by atoms with van der Waals surface area (Å²) in [6.07, 6.45) is 0.494. The molecule has 3 rings (SSSR count). The molecule has 7 nitrogen and oxygen atoms in total. The van der Waals surface area contributed by atoms with Gasteiger partial charge in [0.1, 0.15) is 10.8 Å². The van der Waals surface area contributed by atoms with Crippen molar-refractivity contribution in [3.63, 3.8) is 0 Å². The molecule has 0 radical (unpaired) electrons. The molecule has 0 aliphatic rings. The van der Waals surface area contributed by atoms with Crippen LogP contribution in [0.2, 0.25) is 5.02 Å². The summed E-state index contributed by atoms with van der Waals surface area (Å²) in [6.45, 7) is 0.399. The van der Waals surface area contributed by atoms with Crippen LogP contribution in [0.25, 0.3) is 0 Å². The smallest absolute Gasteiger partial charge is 0.261 e. The molecule has 10 heteroatoms. The van der Waals surface area contributed by atoms with Gasteiger partial charge in [0.25, 0.3) is 11.8 Å². The highest BCUT2D eigenvalue weighted by molar-refractivity contribution is 9.10. The van der Waals surface area contributed by atoms with E-state index in [1.165, 1.54) is 24.5 Å². The van der Waals surface area contributed by atoms with Crippen LogP contribution in [-0.4, -0.2) is 35.7 Å². The number of hydrogen-bond acceptors (Lipinski definition) is 6. The van der Waals surface area contributed by atoms with E-state index in [4.69, 9.17) is 16.3 Å². The van der Waals surface area contributed by atoms with Crippen LogP contribution >= 0.6 is 38.9 Å². The van der Waals surface area contributed by atoms with Crippen molar-refractivity contribution in [2.24, 2.45) is 0 Å². The molecule has 1 aromatic heterocycles. The number of amides is 2. The average molecular weight is 496 g/mol. The number of anilines is 1. The normalized spacial score (nSPS) is 10.4. The lowest BCUT2D eigenvalue weighted by molar-refractivity contribution is 0.0953. The molecule has 29 heavy (non-hydrogen) atoms. The minimum Gasteiger partial charge on any atom is -0.496 e. The fourth-order valence-corrected chi connectivity index (χ4v) is 3.75. The monoisotopic (exact) mass is 494 g/mol. The Morgan fingerprint density at radius 3 is 2.76 bits per heavy atom. The number of hydrogen-bond donors (Lipinski definition) is 2. The van der Waals surface area contributed by atoms with Crippen molar-refractivity contribution >= 4 is 55.8 Å². The Bertz CT molecular complexity index is 1040. The standard InChI is InChI=1S/C19H16BrClN4O3S/c1-28-15-6-5-13(21)10-14(15)18(27)23-19-25-24-16(29-19)7-8-22-17(26)11-3-2-4-12(20)9-11/h2-6,9-10H,7-8H2,1H3,(H,22,26)(H,23,25,27). The molecule has 2 aromatic carbocycles. The summed E-state index contributed by atoms with van der Waals surface area (Å²) in [5, 5.41) is 15.0. The van der Waals surface area contributed by atoms with Gasteiger partial charge in [-0.3, -0.25) is 14.9 Å². The van der Waals surface area contributed by atoms with E-state index < -0.39 is 5.91 Å². The zero-order chi connectivity index (χ0) is 20.8. The fourth-order valence-electron chi connectivity index (χ4n) is 2.44. The third-order valence-electron chi connectivity index (χ3n) is 3.80. The topological polar surface area (TPSA) is 93.2 Å². The number of carbonyl (C=O) groups is 2. The van der Waals surface area contributed by atoms with E-state index in [2.05, 4.69) is 36.8 Å². The molecular formula is C19H16BrClN4O3S. The Morgan fingerprint density at radius 1 is 1.17 bits per heavy atom. The number of ether oxygens (including phenoxy) is 1. The second kappa shape index (κ2) is 9.82. The Kier molecular flexibility index (Phi) is 7.18. The number of methoxy groups -OCH3 is 1. The number of carbonyl (C=O) groups excluding carboxylic acids is 2. The number of nitrogens with zero attached hydrogens (tertiary/aromatic N) is 2. The maximum atomic E-state index is 12.5. The number of halogens is 2. The van der Waals surface area contributed by atoms with Gasteiger partial charge in [0.15, 0.2) is 0 Å². The zero-order valence-electron chi connectivity index (χ0n) is 15.2. The largest absolute Gasteiger partial charge is 0.496 e. The van der Waals surface area contributed by atoms with E-state index in [9.17, 15) is 9.59 Å². The SMILES string of the molecule is COc1ccc(Cl)cc1C(=O)Nc1nnc(CCNC(=O)c2cccc(Br)c2)s1. The van der Waals surface area contributed by atoms with Gasteiger partial charge in [-0.2, -0.15) is 0 Å². The molecule has 1 heterocycles. The van der Waals surface area contributed by atoms with Crippen molar-refractivity contribution in [1.82, 2.24) is 15.5 Å². The first kappa shape index (κ1) is 21.2. The summed E-state index contributed by atoms with van der Waals surface area (Å²) < 4.78 is 6.03. The molecule has 2 amide bonds. The van der Waals surface area contributed by atoms with Crippen molar-refractivity contribution in [2.75, 3.05) is 19.0 Å². The first-order valence-corrected chi connectivity index (χ1v) is 10.5. The van der Waals surface area contributed by atoms with E-state index in [0.717, 1.165) is 4.47 Å². The first-order valence-electron chi connectivity index (χ1n) is 8.47. The van der Waals surface area contributed by atoms with Gasteiger partial charge in [0.2, 0.25) is 5.13 Å². The highest BCUT2D eigenvalue weighted by Crippen LogP contribution is 2.24. The lowest BCUT2D eigenvalue weighted by Gasteiger charge is -2.07. The predicted molar refractivity (Wildman–Crippen MR) is 116 cm³/mol. The van der Waals surface area contributed by atoms with Gasteiger partial charge < -0.3 is 10.1 Å². The van der Waals surface area contributed by atoms with Crippen LogP contribution in [0.1, 0.15) is 25.7 Å². The molecule has 0 aliphatic heterocycles. The summed E-state index contributed by atoms with van der Waals surface area (Å²) in [7, 11) is 1.48. The van der Waals surface area contributed by atoms with Crippen LogP contribution in [-0.2, 0) is 6.42 Å². The van der Waals surface area contributed by atoms with Gasteiger partial charge >= 0.3 is 0 Å². The molecule has 0 aliphatic carbocycles. The second-order valence-corrected chi connectivity index (χ2v) is 8.23. The van der Waals surface area contributed by atoms with Crippen molar-refractivity contribution < 1.29 is 14.3 Å². The van der Waals surface area contributed by atoms with E-state index >= 15 is 0 Å². The lowest BCUT2D eigenvalue weighted by Crippen LogP contribution is -2.25. The van der Waals surface area contributed by atoms with Gasteiger partial charge in [-0.15, -0.1) is 10.2 Å². The number of nitrogens with one attached hydrogen (secondary N) is 2. The number of benzene rings is 2. The van der Waals surface area contributed by atoms with Crippen molar-refractivity contribution in [3.8, 4) is 5.75 Å². The quantitative estimate of drug-likeness (QED) is 0.513. The molecule has 150 valence electrons.